The van der Waals surface area contributed by atoms with Crippen LogP contribution in [0.15, 0.2) is 36.7 Å². The van der Waals surface area contributed by atoms with Gasteiger partial charge in [0.1, 0.15) is 0 Å². The molecule has 0 saturated carbocycles. The molecule has 0 saturated heterocycles. The number of carbonyl (C=O) groups is 2. The molecular formula is C17H21N5O2. The van der Waals surface area contributed by atoms with Crippen LogP contribution in [0.1, 0.15) is 38.1 Å². The normalized spacial score (nSPS) is 10.8. The fourth-order valence-corrected chi connectivity index (χ4v) is 1.89. The van der Waals surface area contributed by atoms with Gasteiger partial charge in [0.2, 0.25) is 11.9 Å². The van der Waals surface area contributed by atoms with Gasteiger partial charge in [0.25, 0.3) is 5.91 Å². The maximum Gasteiger partial charge on any atom is 0.258 e. The van der Waals surface area contributed by atoms with Gasteiger partial charge in [-0.1, -0.05) is 0 Å². The fraction of sp³-hybridized carbons (Fsp3) is 0.294. The largest absolute Gasteiger partial charge is 0.350 e. The van der Waals surface area contributed by atoms with Gasteiger partial charge in [-0.05, 0) is 45.0 Å². The summed E-state index contributed by atoms with van der Waals surface area (Å²) in [5.74, 6) is 0.0242. The van der Waals surface area contributed by atoms with Crippen LogP contribution in [0.3, 0.4) is 0 Å². The van der Waals surface area contributed by atoms with Gasteiger partial charge in [-0.15, -0.1) is 0 Å². The lowest BCUT2D eigenvalue weighted by Crippen LogP contribution is -2.27. The Morgan fingerprint density at radius 2 is 1.42 bits per heavy atom. The third-order valence-corrected chi connectivity index (χ3v) is 2.86. The Hall–Kier alpha value is -2.96. The van der Waals surface area contributed by atoms with Gasteiger partial charge in [0.05, 0.1) is 5.56 Å². The Balaban J connectivity index is 2.00. The second-order valence-electron chi connectivity index (χ2n) is 6.38. The summed E-state index contributed by atoms with van der Waals surface area (Å²) in [6.07, 6.45) is 2.95. The number of nitrogens with zero attached hydrogens (tertiary/aromatic N) is 2. The van der Waals surface area contributed by atoms with Crippen molar-refractivity contribution in [3.63, 3.8) is 0 Å². The highest BCUT2D eigenvalue weighted by Gasteiger charge is 2.12. The van der Waals surface area contributed by atoms with E-state index < -0.39 is 0 Å². The first-order valence-electron chi connectivity index (χ1n) is 7.52. The zero-order valence-corrected chi connectivity index (χ0v) is 14.2. The molecule has 24 heavy (non-hydrogen) atoms. The Bertz CT molecular complexity index is 718. The van der Waals surface area contributed by atoms with E-state index in [1.165, 1.54) is 19.3 Å². The van der Waals surface area contributed by atoms with Crippen LogP contribution in [-0.4, -0.2) is 27.3 Å². The lowest BCUT2D eigenvalue weighted by molar-refractivity contribution is -0.114. The lowest BCUT2D eigenvalue weighted by Gasteiger charge is -2.20. The van der Waals surface area contributed by atoms with Gasteiger partial charge in [0, 0.05) is 36.2 Å². The van der Waals surface area contributed by atoms with E-state index in [0.29, 0.717) is 22.9 Å². The Morgan fingerprint density at radius 3 is 1.88 bits per heavy atom. The molecule has 126 valence electrons. The first kappa shape index (κ1) is 17.4. The number of anilines is 3. The van der Waals surface area contributed by atoms with Crippen LogP contribution in [0.4, 0.5) is 17.3 Å². The van der Waals surface area contributed by atoms with E-state index in [1.54, 1.807) is 24.3 Å². The molecule has 0 unspecified atom stereocenters. The van der Waals surface area contributed by atoms with Crippen LogP contribution in [0.25, 0.3) is 0 Å². The van der Waals surface area contributed by atoms with Crippen LogP contribution in [0.5, 0.6) is 0 Å². The van der Waals surface area contributed by atoms with Crippen molar-refractivity contribution in [2.75, 3.05) is 16.0 Å². The molecule has 0 bridgehead atoms. The molecule has 0 atom stereocenters. The SMILES string of the molecule is CC(=O)Nc1ccc(NC(=O)c2cnc(NC(C)(C)C)nc2)cc1. The van der Waals surface area contributed by atoms with Crippen LogP contribution in [-0.2, 0) is 4.79 Å². The highest BCUT2D eigenvalue weighted by Crippen LogP contribution is 2.15. The summed E-state index contributed by atoms with van der Waals surface area (Å²) in [5.41, 5.74) is 1.49. The standard InChI is InChI=1S/C17H21N5O2/c1-11(23)20-13-5-7-14(8-6-13)21-15(24)12-9-18-16(19-10-12)22-17(2,3)4/h5-10H,1-4H3,(H,20,23)(H,21,24)(H,18,19,22). The summed E-state index contributed by atoms with van der Waals surface area (Å²) in [7, 11) is 0. The van der Waals surface area contributed by atoms with E-state index in [-0.39, 0.29) is 17.4 Å². The smallest absolute Gasteiger partial charge is 0.258 e. The molecule has 0 aliphatic carbocycles. The summed E-state index contributed by atoms with van der Waals surface area (Å²) in [4.78, 5) is 31.5. The Morgan fingerprint density at radius 1 is 0.917 bits per heavy atom. The van der Waals surface area contributed by atoms with Crippen LogP contribution in [0.2, 0.25) is 0 Å². The summed E-state index contributed by atoms with van der Waals surface area (Å²) < 4.78 is 0. The van der Waals surface area contributed by atoms with Crippen molar-refractivity contribution in [1.82, 2.24) is 9.97 Å². The van der Waals surface area contributed by atoms with E-state index in [2.05, 4.69) is 25.9 Å². The second kappa shape index (κ2) is 7.08. The van der Waals surface area contributed by atoms with Crippen molar-refractivity contribution < 1.29 is 9.59 Å². The van der Waals surface area contributed by atoms with Crippen molar-refractivity contribution in [2.45, 2.75) is 33.2 Å². The average molecular weight is 327 g/mol. The van der Waals surface area contributed by atoms with E-state index in [1.807, 2.05) is 20.8 Å². The summed E-state index contributed by atoms with van der Waals surface area (Å²) >= 11 is 0. The van der Waals surface area contributed by atoms with Crippen molar-refractivity contribution in [2.24, 2.45) is 0 Å². The number of benzene rings is 1. The number of amides is 2. The third-order valence-electron chi connectivity index (χ3n) is 2.86. The topological polar surface area (TPSA) is 96.0 Å². The molecule has 0 aliphatic rings. The van der Waals surface area contributed by atoms with Crippen LogP contribution in [0, 0.1) is 0 Å². The predicted octanol–water partition coefficient (Wildman–Crippen LogP) is 2.90. The van der Waals surface area contributed by atoms with Gasteiger partial charge in [-0.25, -0.2) is 9.97 Å². The van der Waals surface area contributed by atoms with E-state index >= 15 is 0 Å². The van der Waals surface area contributed by atoms with E-state index in [4.69, 9.17) is 0 Å². The third kappa shape index (κ3) is 5.35. The molecule has 7 heteroatoms. The quantitative estimate of drug-likeness (QED) is 0.802. The van der Waals surface area contributed by atoms with Gasteiger partial charge in [0.15, 0.2) is 0 Å². The van der Waals surface area contributed by atoms with E-state index in [9.17, 15) is 9.59 Å². The van der Waals surface area contributed by atoms with Crippen molar-refractivity contribution in [3.8, 4) is 0 Å². The van der Waals surface area contributed by atoms with Crippen molar-refractivity contribution >= 4 is 29.1 Å². The summed E-state index contributed by atoms with van der Waals surface area (Å²) in [5, 5.41) is 8.55. The molecule has 2 rings (SSSR count). The van der Waals surface area contributed by atoms with E-state index in [0.717, 1.165) is 0 Å². The Labute approximate surface area is 140 Å². The number of carbonyl (C=O) groups excluding carboxylic acids is 2. The molecule has 0 radical (unpaired) electrons. The van der Waals surface area contributed by atoms with Gasteiger partial charge < -0.3 is 16.0 Å². The molecule has 0 spiro atoms. The molecule has 1 aromatic carbocycles. The van der Waals surface area contributed by atoms with Gasteiger partial charge >= 0.3 is 0 Å². The number of hydrogen-bond acceptors (Lipinski definition) is 5. The molecule has 2 amide bonds. The zero-order chi connectivity index (χ0) is 17.7. The van der Waals surface area contributed by atoms with Crippen LogP contribution >= 0.6 is 0 Å². The highest BCUT2D eigenvalue weighted by molar-refractivity contribution is 6.04. The maximum absolute atomic E-state index is 12.2. The monoisotopic (exact) mass is 327 g/mol. The fourth-order valence-electron chi connectivity index (χ4n) is 1.89. The van der Waals surface area contributed by atoms with Gasteiger partial charge in [-0.2, -0.15) is 0 Å². The molecule has 0 fully saturated rings. The Kier molecular flexibility index (Phi) is 5.13. The average Bonchev–Trinajstić information content (AvgIpc) is 2.48. The van der Waals surface area contributed by atoms with Crippen molar-refractivity contribution in [1.29, 1.82) is 0 Å². The van der Waals surface area contributed by atoms with Crippen LogP contribution < -0.4 is 16.0 Å². The molecule has 0 aliphatic heterocycles. The number of rotatable bonds is 4. The minimum atomic E-state index is -0.301. The first-order chi connectivity index (χ1) is 11.2. The van der Waals surface area contributed by atoms with Gasteiger partial charge in [-0.3, -0.25) is 9.59 Å². The zero-order valence-electron chi connectivity index (χ0n) is 14.2. The van der Waals surface area contributed by atoms with Crippen molar-refractivity contribution in [3.05, 3.63) is 42.2 Å². The highest BCUT2D eigenvalue weighted by atomic mass is 16.2. The predicted molar refractivity (Wildman–Crippen MR) is 94.1 cm³/mol. The molecular weight excluding hydrogens is 306 g/mol. The summed E-state index contributed by atoms with van der Waals surface area (Å²) in [6, 6.07) is 6.84. The molecule has 3 N–H and O–H groups in total. The number of nitrogens with one attached hydrogen (secondary N) is 3. The molecule has 1 heterocycles. The molecule has 7 nitrogen and oxygen atoms in total. The number of hydrogen-bond donors (Lipinski definition) is 3. The lowest BCUT2D eigenvalue weighted by atomic mass is 10.1. The first-order valence-corrected chi connectivity index (χ1v) is 7.52. The summed E-state index contributed by atoms with van der Waals surface area (Å²) in [6.45, 7) is 7.44. The maximum atomic E-state index is 12.2. The molecule has 2 aromatic rings. The second-order valence-corrected chi connectivity index (χ2v) is 6.38. The minimum absolute atomic E-state index is 0.145. The minimum Gasteiger partial charge on any atom is -0.350 e. The molecule has 1 aromatic heterocycles. The number of aromatic nitrogens is 2.